The summed E-state index contributed by atoms with van der Waals surface area (Å²) in [6, 6.07) is 7.68. The number of piperazine rings is 1. The molecule has 2 fully saturated rings. The van der Waals surface area contributed by atoms with E-state index in [9.17, 15) is 10.1 Å². The van der Waals surface area contributed by atoms with Crippen LogP contribution in [0.2, 0.25) is 0 Å². The predicted molar refractivity (Wildman–Crippen MR) is 112 cm³/mol. The van der Waals surface area contributed by atoms with Gasteiger partial charge in [-0.2, -0.15) is 0 Å². The summed E-state index contributed by atoms with van der Waals surface area (Å²) in [5.74, 6) is -3.65. The summed E-state index contributed by atoms with van der Waals surface area (Å²) in [5.41, 5.74) is 1.04. The highest BCUT2D eigenvalue weighted by atomic mass is 16.6. The van der Waals surface area contributed by atoms with Crippen molar-refractivity contribution in [1.29, 1.82) is 0 Å². The van der Waals surface area contributed by atoms with Crippen molar-refractivity contribution in [2.45, 2.75) is 25.4 Å². The maximum Gasteiger partial charge on any atom is 0.414 e. The molecule has 1 aromatic carbocycles. The Hall–Kier alpha value is -2.60. The number of benzene rings is 1. The van der Waals surface area contributed by atoms with Crippen LogP contribution < -0.4 is 0 Å². The molecule has 3 N–H and O–H groups in total. The third kappa shape index (κ3) is 7.87. The van der Waals surface area contributed by atoms with Gasteiger partial charge in [0.2, 0.25) is 0 Å². The number of nitro benzene ring substituents is 1. The van der Waals surface area contributed by atoms with Crippen LogP contribution in [0.5, 0.6) is 0 Å². The van der Waals surface area contributed by atoms with Gasteiger partial charge in [0.15, 0.2) is 0 Å². The lowest BCUT2D eigenvalue weighted by Crippen LogP contribution is -2.53. The van der Waals surface area contributed by atoms with Gasteiger partial charge in [0.1, 0.15) is 0 Å². The number of carbonyl (C=O) groups is 2. The van der Waals surface area contributed by atoms with Gasteiger partial charge in [-0.1, -0.05) is 18.2 Å². The summed E-state index contributed by atoms with van der Waals surface area (Å²) in [5, 5.41) is 35.0. The Kier molecular flexibility index (Phi) is 9.79. The fourth-order valence-electron chi connectivity index (χ4n) is 4.00. The number of hydrogen-bond donors (Lipinski definition) is 3. The monoisotopic (exact) mass is 438 g/mol. The van der Waals surface area contributed by atoms with Crippen LogP contribution in [0.15, 0.2) is 24.3 Å². The topological polar surface area (TPSA) is 148 Å². The zero-order chi connectivity index (χ0) is 22.8. The molecule has 2 saturated heterocycles. The quantitative estimate of drug-likeness (QED) is 0.322. The lowest BCUT2D eigenvalue weighted by Gasteiger charge is -2.42. The van der Waals surface area contributed by atoms with Crippen LogP contribution in [-0.2, 0) is 16.1 Å². The van der Waals surface area contributed by atoms with Crippen LogP contribution >= 0.6 is 0 Å². The van der Waals surface area contributed by atoms with Gasteiger partial charge in [0.25, 0.3) is 5.69 Å². The maximum absolute atomic E-state index is 11.2. The number of aliphatic hydroxyl groups is 1. The molecule has 0 bridgehead atoms. The number of rotatable bonds is 6. The highest BCUT2D eigenvalue weighted by molar-refractivity contribution is 6.27. The van der Waals surface area contributed by atoms with Crippen molar-refractivity contribution < 1.29 is 29.8 Å². The van der Waals surface area contributed by atoms with Gasteiger partial charge < -0.3 is 15.3 Å². The number of nitrogens with zero attached hydrogens (tertiary/aromatic N) is 4. The Morgan fingerprint density at radius 3 is 2.06 bits per heavy atom. The summed E-state index contributed by atoms with van der Waals surface area (Å²) in [6.07, 6.45) is 2.25. The lowest BCUT2D eigenvalue weighted by molar-refractivity contribution is -0.385. The van der Waals surface area contributed by atoms with Crippen molar-refractivity contribution in [3.63, 3.8) is 0 Å². The van der Waals surface area contributed by atoms with E-state index in [0.717, 1.165) is 64.2 Å². The molecule has 2 aliphatic rings. The first-order valence-corrected chi connectivity index (χ1v) is 10.3. The zero-order valence-corrected chi connectivity index (χ0v) is 17.4. The number of carboxylic acids is 2. The molecule has 172 valence electrons. The van der Waals surface area contributed by atoms with Crippen molar-refractivity contribution in [1.82, 2.24) is 14.7 Å². The molecule has 3 rings (SSSR count). The molecule has 11 nitrogen and oxygen atoms in total. The van der Waals surface area contributed by atoms with E-state index in [1.807, 2.05) is 12.1 Å². The van der Waals surface area contributed by atoms with E-state index in [1.54, 1.807) is 12.1 Å². The molecule has 0 aromatic heterocycles. The first kappa shape index (κ1) is 24.7. The smallest absolute Gasteiger partial charge is 0.414 e. The maximum atomic E-state index is 11.2. The van der Waals surface area contributed by atoms with Crippen LogP contribution in [0.4, 0.5) is 5.69 Å². The van der Waals surface area contributed by atoms with Gasteiger partial charge >= 0.3 is 11.9 Å². The molecule has 0 radical (unpaired) electrons. The highest BCUT2D eigenvalue weighted by Crippen LogP contribution is 2.23. The SMILES string of the molecule is O=C(O)C(=O)O.O=[N+]([O-])c1ccccc1CN1CCC(N2CCN(CCO)CC2)CC1. The molecule has 0 amide bonds. The van der Waals surface area contributed by atoms with Crippen LogP contribution in [0.1, 0.15) is 18.4 Å². The fraction of sp³-hybridized carbons (Fsp3) is 0.600. The largest absolute Gasteiger partial charge is 0.473 e. The number of carboxylic acid groups (broad SMARTS) is 2. The van der Waals surface area contributed by atoms with Gasteiger partial charge in [-0.05, 0) is 25.9 Å². The van der Waals surface area contributed by atoms with Gasteiger partial charge in [-0.25, -0.2) is 9.59 Å². The number of nitro groups is 1. The van der Waals surface area contributed by atoms with Crippen molar-refractivity contribution in [2.75, 3.05) is 52.4 Å². The first-order valence-electron chi connectivity index (χ1n) is 10.3. The van der Waals surface area contributed by atoms with Gasteiger partial charge in [0.05, 0.1) is 11.5 Å². The number of piperidine rings is 1. The van der Waals surface area contributed by atoms with E-state index in [0.29, 0.717) is 12.6 Å². The van der Waals surface area contributed by atoms with Crippen LogP contribution in [-0.4, -0.2) is 105 Å². The van der Waals surface area contributed by atoms with E-state index in [-0.39, 0.29) is 17.2 Å². The van der Waals surface area contributed by atoms with Gasteiger partial charge in [-0.3, -0.25) is 24.8 Å². The Balaban J connectivity index is 0.000000501. The average molecular weight is 438 g/mol. The molecule has 0 aliphatic carbocycles. The molecule has 11 heteroatoms. The third-order valence-electron chi connectivity index (χ3n) is 5.66. The Morgan fingerprint density at radius 2 is 1.55 bits per heavy atom. The molecule has 0 saturated carbocycles. The molecule has 1 aromatic rings. The molecule has 0 unspecified atom stereocenters. The number of aliphatic hydroxyl groups excluding tert-OH is 1. The van der Waals surface area contributed by atoms with Crippen LogP contribution in [0.3, 0.4) is 0 Å². The van der Waals surface area contributed by atoms with E-state index in [1.165, 1.54) is 0 Å². The minimum Gasteiger partial charge on any atom is -0.473 e. The number of β-amino-alcohol motifs (C(OH)–C–C–N with tert-alkyl or cyclic N) is 1. The van der Waals surface area contributed by atoms with Crippen molar-refractivity contribution in [3.8, 4) is 0 Å². The van der Waals surface area contributed by atoms with E-state index in [2.05, 4.69) is 14.7 Å². The highest BCUT2D eigenvalue weighted by Gasteiger charge is 2.28. The molecule has 0 spiro atoms. The molecule has 2 heterocycles. The van der Waals surface area contributed by atoms with Crippen molar-refractivity contribution >= 4 is 17.6 Å². The standard InChI is InChI=1S/C18H28N4O3.C2H2O4/c23-14-13-19-9-11-21(12-10-19)17-5-7-20(8-6-17)15-16-3-1-2-4-18(16)22(24)25;3-1(4)2(5)6/h1-4,17,23H,5-15H2;(H,3,4)(H,5,6). The Bertz CT molecular complexity index is 733. The molecular weight excluding hydrogens is 408 g/mol. The molecule has 2 aliphatic heterocycles. The molecule has 31 heavy (non-hydrogen) atoms. The second-order valence-electron chi connectivity index (χ2n) is 7.60. The fourth-order valence-corrected chi connectivity index (χ4v) is 4.00. The molecule has 0 atom stereocenters. The van der Waals surface area contributed by atoms with Gasteiger partial charge in [-0.15, -0.1) is 0 Å². The minimum absolute atomic E-state index is 0.227. The lowest BCUT2D eigenvalue weighted by atomic mass is 10.0. The third-order valence-corrected chi connectivity index (χ3v) is 5.66. The van der Waals surface area contributed by atoms with Crippen LogP contribution in [0.25, 0.3) is 0 Å². The van der Waals surface area contributed by atoms with Crippen LogP contribution in [0, 0.1) is 10.1 Å². The van der Waals surface area contributed by atoms with E-state index in [4.69, 9.17) is 24.9 Å². The second-order valence-corrected chi connectivity index (χ2v) is 7.60. The van der Waals surface area contributed by atoms with Crippen molar-refractivity contribution in [2.24, 2.45) is 0 Å². The Morgan fingerprint density at radius 1 is 0.968 bits per heavy atom. The summed E-state index contributed by atoms with van der Waals surface area (Å²) < 4.78 is 0. The zero-order valence-electron chi connectivity index (χ0n) is 17.4. The number of aliphatic carboxylic acids is 2. The predicted octanol–water partition coefficient (Wildman–Crippen LogP) is 0.325. The number of likely N-dealkylation sites (tertiary alicyclic amines) is 1. The first-order chi connectivity index (χ1) is 14.8. The summed E-state index contributed by atoms with van der Waals surface area (Å²) in [7, 11) is 0. The average Bonchev–Trinajstić information content (AvgIpc) is 2.76. The summed E-state index contributed by atoms with van der Waals surface area (Å²) in [6.45, 7) is 7.90. The van der Waals surface area contributed by atoms with Gasteiger partial charge in [0, 0.05) is 56.9 Å². The number of hydrogen-bond acceptors (Lipinski definition) is 8. The molecular formula is C20H30N4O7. The van der Waals surface area contributed by atoms with Crippen molar-refractivity contribution in [3.05, 3.63) is 39.9 Å². The minimum atomic E-state index is -1.82. The number of para-hydroxylation sites is 1. The van der Waals surface area contributed by atoms with E-state index < -0.39 is 11.9 Å². The summed E-state index contributed by atoms with van der Waals surface area (Å²) in [4.78, 5) is 36.3. The normalized spacial score (nSPS) is 18.7. The van der Waals surface area contributed by atoms with E-state index >= 15 is 0 Å². The second kappa shape index (κ2) is 12.3. The summed E-state index contributed by atoms with van der Waals surface area (Å²) >= 11 is 0. The Labute approximate surface area is 180 Å².